The SMILES string of the molecule is CCC=CCCCC(=O)CCCC(N)=O. The topological polar surface area (TPSA) is 60.2 Å². The number of hydrogen-bond donors (Lipinski definition) is 1. The maximum absolute atomic E-state index is 11.3. The van der Waals surface area contributed by atoms with Crippen molar-refractivity contribution >= 4 is 11.7 Å². The molecule has 2 N–H and O–H groups in total. The van der Waals surface area contributed by atoms with Crippen LogP contribution in [0.5, 0.6) is 0 Å². The van der Waals surface area contributed by atoms with Gasteiger partial charge in [-0.05, 0) is 25.7 Å². The second-order valence-corrected chi connectivity index (χ2v) is 3.63. The van der Waals surface area contributed by atoms with Crippen LogP contribution < -0.4 is 5.73 Å². The fraction of sp³-hybridized carbons (Fsp3) is 0.667. The van der Waals surface area contributed by atoms with E-state index in [9.17, 15) is 9.59 Å². The van der Waals surface area contributed by atoms with Crippen LogP contribution in [0.1, 0.15) is 51.9 Å². The molecule has 0 aliphatic carbocycles. The molecule has 1 amide bonds. The van der Waals surface area contributed by atoms with E-state index in [0.29, 0.717) is 25.7 Å². The molecule has 0 bridgehead atoms. The van der Waals surface area contributed by atoms with Gasteiger partial charge in [-0.25, -0.2) is 0 Å². The van der Waals surface area contributed by atoms with Crippen molar-refractivity contribution in [3.8, 4) is 0 Å². The van der Waals surface area contributed by atoms with Gasteiger partial charge in [0, 0.05) is 19.3 Å². The third-order valence-electron chi connectivity index (χ3n) is 2.11. The summed E-state index contributed by atoms with van der Waals surface area (Å²) in [5, 5.41) is 0. The van der Waals surface area contributed by atoms with Gasteiger partial charge in [0.15, 0.2) is 0 Å². The third kappa shape index (κ3) is 10.8. The van der Waals surface area contributed by atoms with E-state index in [-0.39, 0.29) is 11.7 Å². The van der Waals surface area contributed by atoms with Crippen molar-refractivity contribution in [3.05, 3.63) is 12.2 Å². The fourth-order valence-electron chi connectivity index (χ4n) is 1.29. The van der Waals surface area contributed by atoms with Crippen molar-refractivity contribution in [2.45, 2.75) is 51.9 Å². The number of allylic oxidation sites excluding steroid dienone is 2. The molecule has 0 aliphatic heterocycles. The van der Waals surface area contributed by atoms with Crippen LogP contribution >= 0.6 is 0 Å². The molecule has 0 atom stereocenters. The van der Waals surface area contributed by atoms with Crippen molar-refractivity contribution in [1.29, 1.82) is 0 Å². The third-order valence-corrected chi connectivity index (χ3v) is 2.11. The number of hydrogen-bond acceptors (Lipinski definition) is 2. The fourth-order valence-corrected chi connectivity index (χ4v) is 1.29. The molecular formula is C12H21NO2. The van der Waals surface area contributed by atoms with Crippen LogP contribution in [0.4, 0.5) is 0 Å². The molecule has 3 heteroatoms. The van der Waals surface area contributed by atoms with Gasteiger partial charge in [0.1, 0.15) is 5.78 Å². The molecule has 3 nitrogen and oxygen atoms in total. The van der Waals surface area contributed by atoms with Gasteiger partial charge in [-0.2, -0.15) is 0 Å². The number of rotatable bonds is 9. The summed E-state index contributed by atoms with van der Waals surface area (Å²) in [5.41, 5.74) is 4.97. The zero-order valence-corrected chi connectivity index (χ0v) is 9.50. The predicted molar refractivity (Wildman–Crippen MR) is 61.3 cm³/mol. The van der Waals surface area contributed by atoms with Crippen LogP contribution in [0.15, 0.2) is 12.2 Å². The molecule has 0 rings (SSSR count). The van der Waals surface area contributed by atoms with E-state index in [0.717, 1.165) is 19.3 Å². The van der Waals surface area contributed by atoms with E-state index in [1.807, 2.05) is 0 Å². The lowest BCUT2D eigenvalue weighted by Crippen LogP contribution is -2.10. The van der Waals surface area contributed by atoms with Crippen LogP contribution in [0, 0.1) is 0 Å². The average Bonchev–Trinajstić information content (AvgIpc) is 2.17. The normalized spacial score (nSPS) is 10.7. The van der Waals surface area contributed by atoms with Gasteiger partial charge in [-0.15, -0.1) is 0 Å². The van der Waals surface area contributed by atoms with Crippen LogP contribution in [0.3, 0.4) is 0 Å². The number of ketones is 1. The molecule has 0 heterocycles. The second kappa shape index (κ2) is 9.44. The Morgan fingerprint density at radius 2 is 1.73 bits per heavy atom. The molecule has 15 heavy (non-hydrogen) atoms. The lowest BCUT2D eigenvalue weighted by molar-refractivity contribution is -0.120. The summed E-state index contributed by atoms with van der Waals surface area (Å²) < 4.78 is 0. The molecular weight excluding hydrogens is 190 g/mol. The Balaban J connectivity index is 3.33. The molecule has 0 fully saturated rings. The van der Waals surface area contributed by atoms with Gasteiger partial charge in [0.05, 0.1) is 0 Å². The Morgan fingerprint density at radius 3 is 2.33 bits per heavy atom. The average molecular weight is 211 g/mol. The highest BCUT2D eigenvalue weighted by atomic mass is 16.1. The van der Waals surface area contributed by atoms with Crippen molar-refractivity contribution in [1.82, 2.24) is 0 Å². The van der Waals surface area contributed by atoms with Crippen LogP contribution in [-0.4, -0.2) is 11.7 Å². The minimum absolute atomic E-state index is 0.237. The van der Waals surface area contributed by atoms with E-state index in [2.05, 4.69) is 19.1 Å². The molecule has 0 unspecified atom stereocenters. The Labute approximate surface area is 91.7 Å². The van der Waals surface area contributed by atoms with Crippen molar-refractivity contribution < 1.29 is 9.59 Å². The van der Waals surface area contributed by atoms with Gasteiger partial charge < -0.3 is 5.73 Å². The summed E-state index contributed by atoms with van der Waals surface area (Å²) in [6, 6.07) is 0. The largest absolute Gasteiger partial charge is 0.370 e. The number of primary amides is 1. The summed E-state index contributed by atoms with van der Waals surface area (Å²) in [6.45, 7) is 2.09. The molecule has 0 aliphatic rings. The molecule has 0 aromatic carbocycles. The first kappa shape index (κ1) is 13.9. The zero-order valence-electron chi connectivity index (χ0n) is 9.50. The van der Waals surface area contributed by atoms with Gasteiger partial charge in [0.25, 0.3) is 0 Å². The summed E-state index contributed by atoms with van der Waals surface area (Å²) in [5.74, 6) is -0.0881. The monoisotopic (exact) mass is 211 g/mol. The van der Waals surface area contributed by atoms with E-state index in [4.69, 9.17) is 5.73 Å². The smallest absolute Gasteiger partial charge is 0.217 e. The minimum Gasteiger partial charge on any atom is -0.370 e. The molecule has 0 saturated heterocycles. The Hall–Kier alpha value is -1.12. The Morgan fingerprint density at radius 1 is 1.07 bits per heavy atom. The summed E-state index contributed by atoms with van der Waals surface area (Å²) in [4.78, 5) is 21.7. The summed E-state index contributed by atoms with van der Waals surface area (Å²) in [7, 11) is 0. The van der Waals surface area contributed by atoms with E-state index in [1.165, 1.54) is 0 Å². The van der Waals surface area contributed by atoms with Crippen LogP contribution in [0.25, 0.3) is 0 Å². The maximum atomic E-state index is 11.3. The molecule has 86 valence electrons. The van der Waals surface area contributed by atoms with E-state index in [1.54, 1.807) is 0 Å². The maximum Gasteiger partial charge on any atom is 0.217 e. The molecule has 0 spiro atoms. The molecule has 0 saturated carbocycles. The number of carbonyl (C=O) groups excluding carboxylic acids is 2. The van der Waals surface area contributed by atoms with Gasteiger partial charge in [-0.3, -0.25) is 9.59 Å². The highest BCUT2D eigenvalue weighted by molar-refractivity contribution is 5.79. The predicted octanol–water partition coefficient (Wildman–Crippen LogP) is 2.35. The standard InChI is InChI=1S/C12H21NO2/c1-2-3-4-5-6-8-11(14)9-7-10-12(13)15/h3-4H,2,5-10H2,1H3,(H2,13,15). The van der Waals surface area contributed by atoms with Crippen molar-refractivity contribution in [2.75, 3.05) is 0 Å². The van der Waals surface area contributed by atoms with Gasteiger partial charge >= 0.3 is 0 Å². The highest BCUT2D eigenvalue weighted by Gasteiger charge is 2.02. The quantitative estimate of drug-likeness (QED) is 0.470. The molecule has 0 aromatic heterocycles. The van der Waals surface area contributed by atoms with Crippen molar-refractivity contribution in [3.63, 3.8) is 0 Å². The van der Waals surface area contributed by atoms with Crippen LogP contribution in [0.2, 0.25) is 0 Å². The van der Waals surface area contributed by atoms with Gasteiger partial charge in [0.2, 0.25) is 5.91 Å². The number of nitrogens with two attached hydrogens (primary N) is 1. The number of unbranched alkanes of at least 4 members (excludes halogenated alkanes) is 1. The van der Waals surface area contributed by atoms with E-state index < -0.39 is 0 Å². The minimum atomic E-state index is -0.325. The molecule has 0 radical (unpaired) electrons. The first-order chi connectivity index (χ1) is 7.16. The van der Waals surface area contributed by atoms with Gasteiger partial charge in [-0.1, -0.05) is 19.1 Å². The Kier molecular flexibility index (Phi) is 8.73. The first-order valence-electron chi connectivity index (χ1n) is 5.61. The highest BCUT2D eigenvalue weighted by Crippen LogP contribution is 2.04. The summed E-state index contributed by atoms with van der Waals surface area (Å²) >= 11 is 0. The number of carbonyl (C=O) groups is 2. The summed E-state index contributed by atoms with van der Waals surface area (Å²) in [6.07, 6.45) is 9.16. The Bertz CT molecular complexity index is 222. The molecule has 0 aromatic rings. The van der Waals surface area contributed by atoms with E-state index >= 15 is 0 Å². The lowest BCUT2D eigenvalue weighted by Gasteiger charge is -1.98. The van der Waals surface area contributed by atoms with Crippen molar-refractivity contribution in [2.24, 2.45) is 5.73 Å². The van der Waals surface area contributed by atoms with Crippen LogP contribution in [-0.2, 0) is 9.59 Å². The lowest BCUT2D eigenvalue weighted by atomic mass is 10.1. The number of Topliss-reactive ketones (excluding diaryl/α,β-unsaturated/α-hetero) is 1. The second-order valence-electron chi connectivity index (χ2n) is 3.63. The first-order valence-corrected chi connectivity index (χ1v) is 5.61. The number of amides is 1. The zero-order chi connectivity index (χ0) is 11.5.